The number of H-pyrrole nitrogens is 1. The molecule has 5 heteroatoms. The van der Waals surface area contributed by atoms with Gasteiger partial charge in [0.2, 0.25) is 5.91 Å². The zero-order chi connectivity index (χ0) is 20.4. The first-order chi connectivity index (χ1) is 14.0. The van der Waals surface area contributed by atoms with Crippen molar-refractivity contribution in [3.63, 3.8) is 0 Å². The number of aromatic nitrogens is 1. The molecule has 0 aliphatic carbocycles. The van der Waals surface area contributed by atoms with E-state index in [-0.39, 0.29) is 5.91 Å². The summed E-state index contributed by atoms with van der Waals surface area (Å²) in [6.45, 7) is 6.45. The lowest BCUT2D eigenvalue weighted by Crippen LogP contribution is -2.38. The van der Waals surface area contributed by atoms with E-state index in [0.29, 0.717) is 12.5 Å². The number of benzene rings is 2. The maximum Gasteiger partial charge on any atom is 0.238 e. The molecule has 0 spiro atoms. The van der Waals surface area contributed by atoms with Gasteiger partial charge in [0, 0.05) is 22.8 Å². The topological polar surface area (TPSA) is 57.4 Å². The van der Waals surface area contributed by atoms with E-state index in [4.69, 9.17) is 4.74 Å². The summed E-state index contributed by atoms with van der Waals surface area (Å²) in [5.74, 6) is 1.46. The van der Waals surface area contributed by atoms with E-state index in [2.05, 4.69) is 47.4 Å². The monoisotopic (exact) mass is 391 g/mol. The van der Waals surface area contributed by atoms with Gasteiger partial charge in [-0.3, -0.25) is 9.69 Å². The van der Waals surface area contributed by atoms with E-state index in [1.165, 1.54) is 22.1 Å². The van der Waals surface area contributed by atoms with Crippen LogP contribution in [-0.4, -0.2) is 42.5 Å². The first-order valence-corrected chi connectivity index (χ1v) is 10.3. The second-order valence-electron chi connectivity index (χ2n) is 8.05. The van der Waals surface area contributed by atoms with Crippen molar-refractivity contribution in [2.24, 2.45) is 0 Å². The summed E-state index contributed by atoms with van der Waals surface area (Å²) in [4.78, 5) is 18.1. The van der Waals surface area contributed by atoms with Crippen molar-refractivity contribution in [1.82, 2.24) is 9.88 Å². The van der Waals surface area contributed by atoms with E-state index in [9.17, 15) is 4.79 Å². The molecule has 1 amide bonds. The Morgan fingerprint density at radius 1 is 1.14 bits per heavy atom. The highest BCUT2D eigenvalue weighted by molar-refractivity contribution is 5.92. The minimum absolute atomic E-state index is 0.0588. The van der Waals surface area contributed by atoms with Gasteiger partial charge in [-0.15, -0.1) is 0 Å². The summed E-state index contributed by atoms with van der Waals surface area (Å²) < 4.78 is 5.39. The van der Waals surface area contributed by atoms with Crippen molar-refractivity contribution < 1.29 is 9.53 Å². The Hall–Kier alpha value is -2.79. The van der Waals surface area contributed by atoms with Gasteiger partial charge < -0.3 is 15.0 Å². The average Bonchev–Trinajstić information content (AvgIpc) is 3.14. The SMILES string of the molecule is COc1ccc2[nH]cc(C3CCN(CC(=O)Nc4ccc(C)c(C)c4)CC3)c2c1. The Morgan fingerprint density at radius 2 is 1.93 bits per heavy atom. The number of nitrogens with one attached hydrogen (secondary N) is 2. The third kappa shape index (κ3) is 4.30. The summed E-state index contributed by atoms with van der Waals surface area (Å²) in [5.41, 5.74) is 5.81. The van der Waals surface area contributed by atoms with Gasteiger partial charge in [0.15, 0.2) is 0 Å². The number of methoxy groups -OCH3 is 1. The molecule has 1 aliphatic rings. The van der Waals surface area contributed by atoms with Gasteiger partial charge in [-0.2, -0.15) is 0 Å². The molecule has 1 fully saturated rings. The molecule has 1 aromatic heterocycles. The molecule has 4 rings (SSSR count). The van der Waals surface area contributed by atoms with E-state index in [1.54, 1.807) is 7.11 Å². The van der Waals surface area contributed by atoms with E-state index >= 15 is 0 Å². The van der Waals surface area contributed by atoms with Crippen molar-refractivity contribution in [3.8, 4) is 5.75 Å². The number of likely N-dealkylation sites (tertiary alicyclic amines) is 1. The van der Waals surface area contributed by atoms with Crippen LogP contribution >= 0.6 is 0 Å². The number of ether oxygens (including phenoxy) is 1. The number of rotatable bonds is 5. The number of aromatic amines is 1. The van der Waals surface area contributed by atoms with Gasteiger partial charge in [-0.1, -0.05) is 6.07 Å². The number of amides is 1. The minimum atomic E-state index is 0.0588. The molecule has 2 aromatic carbocycles. The Labute approximate surface area is 172 Å². The molecule has 5 nitrogen and oxygen atoms in total. The highest BCUT2D eigenvalue weighted by Gasteiger charge is 2.24. The van der Waals surface area contributed by atoms with E-state index < -0.39 is 0 Å². The van der Waals surface area contributed by atoms with Gasteiger partial charge in [0.25, 0.3) is 0 Å². The van der Waals surface area contributed by atoms with Crippen molar-refractivity contribution in [3.05, 3.63) is 59.3 Å². The lowest BCUT2D eigenvalue weighted by atomic mass is 9.89. The van der Waals surface area contributed by atoms with Crippen LogP contribution in [0.3, 0.4) is 0 Å². The minimum Gasteiger partial charge on any atom is -0.497 e. The molecular formula is C24H29N3O2. The van der Waals surface area contributed by atoms with Crippen LogP contribution in [0, 0.1) is 13.8 Å². The second kappa shape index (κ2) is 8.29. The van der Waals surface area contributed by atoms with Crippen LogP contribution in [0.5, 0.6) is 5.75 Å². The zero-order valence-electron chi connectivity index (χ0n) is 17.4. The molecule has 2 N–H and O–H groups in total. The van der Waals surface area contributed by atoms with Crippen LogP contribution in [0.1, 0.15) is 35.4 Å². The highest BCUT2D eigenvalue weighted by atomic mass is 16.5. The molecule has 0 bridgehead atoms. The van der Waals surface area contributed by atoms with Crippen LogP contribution < -0.4 is 10.1 Å². The van der Waals surface area contributed by atoms with Crippen molar-refractivity contribution >= 4 is 22.5 Å². The number of piperidine rings is 1. The molecular weight excluding hydrogens is 362 g/mol. The van der Waals surface area contributed by atoms with Gasteiger partial charge >= 0.3 is 0 Å². The van der Waals surface area contributed by atoms with Crippen LogP contribution in [0.25, 0.3) is 10.9 Å². The maximum atomic E-state index is 12.5. The molecule has 2 heterocycles. The lowest BCUT2D eigenvalue weighted by Gasteiger charge is -2.31. The average molecular weight is 392 g/mol. The number of hydrogen-bond acceptors (Lipinski definition) is 3. The smallest absolute Gasteiger partial charge is 0.238 e. The number of carbonyl (C=O) groups is 1. The molecule has 0 atom stereocenters. The van der Waals surface area contributed by atoms with Gasteiger partial charge in [0.05, 0.1) is 13.7 Å². The Kier molecular flexibility index (Phi) is 5.58. The number of nitrogens with zero attached hydrogens (tertiary/aromatic N) is 1. The van der Waals surface area contributed by atoms with E-state index in [0.717, 1.165) is 42.9 Å². The summed E-state index contributed by atoms with van der Waals surface area (Å²) in [7, 11) is 1.70. The van der Waals surface area contributed by atoms with E-state index in [1.807, 2.05) is 24.3 Å². The third-order valence-corrected chi connectivity index (χ3v) is 6.11. The normalized spacial score (nSPS) is 15.6. The quantitative estimate of drug-likeness (QED) is 0.668. The standard InChI is InChI=1S/C24H29N3O2/c1-16-4-5-19(12-17(16)2)26-24(28)15-27-10-8-18(9-11-27)22-14-25-23-7-6-20(29-3)13-21(22)23/h4-7,12-14,18,25H,8-11,15H2,1-3H3,(H,26,28). The molecule has 3 aromatic rings. The fourth-order valence-corrected chi connectivity index (χ4v) is 4.21. The fraction of sp³-hybridized carbons (Fsp3) is 0.375. The van der Waals surface area contributed by atoms with Crippen molar-refractivity contribution in [2.75, 3.05) is 32.1 Å². The fourth-order valence-electron chi connectivity index (χ4n) is 4.21. The maximum absolute atomic E-state index is 12.5. The summed E-state index contributed by atoms with van der Waals surface area (Å²) in [5, 5.41) is 4.28. The second-order valence-corrected chi connectivity index (χ2v) is 8.05. The molecule has 29 heavy (non-hydrogen) atoms. The first-order valence-electron chi connectivity index (χ1n) is 10.3. The van der Waals surface area contributed by atoms with Gasteiger partial charge in [-0.05, 0) is 92.7 Å². The van der Waals surface area contributed by atoms with Gasteiger partial charge in [-0.25, -0.2) is 0 Å². The van der Waals surface area contributed by atoms with Crippen LogP contribution in [0.2, 0.25) is 0 Å². The van der Waals surface area contributed by atoms with Crippen molar-refractivity contribution in [2.45, 2.75) is 32.6 Å². The predicted molar refractivity (Wildman–Crippen MR) is 118 cm³/mol. The Balaban J connectivity index is 1.34. The number of carbonyl (C=O) groups excluding carboxylic acids is 1. The first kappa shape index (κ1) is 19.5. The Bertz CT molecular complexity index is 1020. The largest absolute Gasteiger partial charge is 0.497 e. The number of anilines is 1. The van der Waals surface area contributed by atoms with Gasteiger partial charge in [0.1, 0.15) is 5.75 Å². The predicted octanol–water partition coefficient (Wildman–Crippen LogP) is 4.61. The third-order valence-electron chi connectivity index (χ3n) is 6.11. The van der Waals surface area contributed by atoms with Crippen LogP contribution in [0.15, 0.2) is 42.6 Å². The highest BCUT2D eigenvalue weighted by Crippen LogP contribution is 2.34. The number of hydrogen-bond donors (Lipinski definition) is 2. The number of aryl methyl sites for hydroxylation is 2. The van der Waals surface area contributed by atoms with Crippen LogP contribution in [0.4, 0.5) is 5.69 Å². The summed E-state index contributed by atoms with van der Waals surface area (Å²) >= 11 is 0. The lowest BCUT2D eigenvalue weighted by molar-refractivity contribution is -0.117. The molecule has 0 unspecified atom stereocenters. The molecule has 0 saturated carbocycles. The van der Waals surface area contributed by atoms with Crippen molar-refractivity contribution in [1.29, 1.82) is 0 Å². The number of fused-ring (bicyclic) bond motifs is 1. The Morgan fingerprint density at radius 3 is 2.66 bits per heavy atom. The summed E-state index contributed by atoms with van der Waals surface area (Å²) in [6, 6.07) is 12.2. The van der Waals surface area contributed by atoms with Crippen LogP contribution in [-0.2, 0) is 4.79 Å². The molecule has 152 valence electrons. The molecule has 1 saturated heterocycles. The molecule has 0 radical (unpaired) electrons. The zero-order valence-corrected chi connectivity index (χ0v) is 17.4. The molecule has 1 aliphatic heterocycles. The summed E-state index contributed by atoms with van der Waals surface area (Å²) in [6.07, 6.45) is 4.25.